The maximum Gasteiger partial charge on any atom is 0.135 e. The van der Waals surface area contributed by atoms with Gasteiger partial charge in [0.05, 0.1) is 0 Å². The Hall–Kier alpha value is -0.370. The van der Waals surface area contributed by atoms with Crippen LogP contribution in [-0.2, 0) is 4.79 Å². The van der Waals surface area contributed by atoms with E-state index >= 15 is 0 Å². The summed E-state index contributed by atoms with van der Waals surface area (Å²) in [6.45, 7) is 7.02. The molecular formula is C8H15NO. The summed E-state index contributed by atoms with van der Waals surface area (Å²) in [5, 5.41) is 0. The highest BCUT2D eigenvalue weighted by atomic mass is 16.1. The first-order chi connectivity index (χ1) is 4.74. The zero-order chi connectivity index (χ0) is 7.56. The van der Waals surface area contributed by atoms with Gasteiger partial charge in [0, 0.05) is 19.0 Å². The smallest absolute Gasteiger partial charge is 0.135 e. The summed E-state index contributed by atoms with van der Waals surface area (Å²) in [5.41, 5.74) is 0. The second kappa shape index (κ2) is 3.15. The lowest BCUT2D eigenvalue weighted by molar-refractivity contribution is -0.125. The molecule has 1 saturated heterocycles. The number of carbonyl (C=O) groups is 1. The Morgan fingerprint density at radius 3 is 2.60 bits per heavy atom. The first-order valence-electron chi connectivity index (χ1n) is 3.97. The van der Waals surface area contributed by atoms with Crippen LogP contribution in [0.5, 0.6) is 0 Å². The summed E-state index contributed by atoms with van der Waals surface area (Å²) < 4.78 is 0. The van der Waals surface area contributed by atoms with Gasteiger partial charge in [-0.05, 0) is 19.9 Å². The van der Waals surface area contributed by atoms with Crippen molar-refractivity contribution in [2.45, 2.75) is 20.3 Å². The van der Waals surface area contributed by atoms with Gasteiger partial charge in [0.1, 0.15) is 5.78 Å². The maximum atomic E-state index is 10.7. The Balaban J connectivity index is 2.12. The third-order valence-corrected chi connectivity index (χ3v) is 2.07. The van der Waals surface area contributed by atoms with Gasteiger partial charge in [-0.2, -0.15) is 0 Å². The van der Waals surface area contributed by atoms with E-state index in [2.05, 4.69) is 11.8 Å². The van der Waals surface area contributed by atoms with E-state index in [-0.39, 0.29) is 0 Å². The predicted molar refractivity (Wildman–Crippen MR) is 40.9 cm³/mol. The van der Waals surface area contributed by atoms with Crippen LogP contribution in [0, 0.1) is 5.92 Å². The molecule has 2 heteroatoms. The van der Waals surface area contributed by atoms with Gasteiger partial charge in [0.15, 0.2) is 0 Å². The van der Waals surface area contributed by atoms with E-state index in [9.17, 15) is 4.79 Å². The molecule has 1 heterocycles. The number of hydrogen-bond donors (Lipinski definition) is 0. The molecule has 1 aliphatic heterocycles. The molecule has 0 unspecified atom stereocenters. The monoisotopic (exact) mass is 141 g/mol. The van der Waals surface area contributed by atoms with Crippen LogP contribution in [0.2, 0.25) is 0 Å². The van der Waals surface area contributed by atoms with Gasteiger partial charge in [0.2, 0.25) is 0 Å². The molecule has 0 bridgehead atoms. The Morgan fingerprint density at radius 1 is 1.60 bits per heavy atom. The summed E-state index contributed by atoms with van der Waals surface area (Å²) in [6.07, 6.45) is 1.20. The van der Waals surface area contributed by atoms with Gasteiger partial charge >= 0.3 is 0 Å². The van der Waals surface area contributed by atoms with Crippen molar-refractivity contribution in [3.05, 3.63) is 0 Å². The van der Waals surface area contributed by atoms with Crippen molar-refractivity contribution >= 4 is 5.78 Å². The molecule has 10 heavy (non-hydrogen) atoms. The van der Waals surface area contributed by atoms with E-state index < -0.39 is 0 Å². The minimum absolute atomic E-state index is 0.353. The van der Waals surface area contributed by atoms with E-state index in [1.54, 1.807) is 6.92 Å². The normalized spacial score (nSPS) is 20.6. The molecule has 0 aromatic rings. The second-order valence-electron chi connectivity index (χ2n) is 3.07. The second-order valence-corrected chi connectivity index (χ2v) is 3.07. The highest BCUT2D eigenvalue weighted by molar-refractivity contribution is 5.79. The number of ketones is 1. The van der Waals surface area contributed by atoms with Crippen molar-refractivity contribution < 1.29 is 4.79 Å². The fourth-order valence-electron chi connectivity index (χ4n) is 1.33. The molecule has 0 aromatic carbocycles. The third kappa shape index (κ3) is 1.57. The molecule has 1 fully saturated rings. The molecule has 0 saturated carbocycles. The summed E-state index contributed by atoms with van der Waals surface area (Å²) in [5.74, 6) is 0.707. The summed E-state index contributed by atoms with van der Waals surface area (Å²) in [4.78, 5) is 13.1. The van der Waals surface area contributed by atoms with Gasteiger partial charge in [0.25, 0.3) is 0 Å². The Morgan fingerprint density at radius 2 is 2.20 bits per heavy atom. The topological polar surface area (TPSA) is 20.3 Å². The zero-order valence-corrected chi connectivity index (χ0v) is 6.76. The van der Waals surface area contributed by atoms with Crippen molar-refractivity contribution in [2.24, 2.45) is 5.92 Å². The molecular weight excluding hydrogens is 126 g/mol. The highest BCUT2D eigenvalue weighted by Crippen LogP contribution is 2.15. The van der Waals surface area contributed by atoms with Crippen LogP contribution >= 0.6 is 0 Å². The lowest BCUT2D eigenvalue weighted by Gasteiger charge is -2.37. The molecule has 0 radical (unpaired) electrons. The van der Waals surface area contributed by atoms with Crippen molar-refractivity contribution in [1.82, 2.24) is 4.90 Å². The number of carbonyl (C=O) groups excluding carboxylic acids is 1. The SMILES string of the molecule is CCCN1CC(C(C)=O)C1. The Bertz CT molecular complexity index is 127. The van der Waals surface area contributed by atoms with Crippen LogP contribution in [0.15, 0.2) is 0 Å². The highest BCUT2D eigenvalue weighted by Gasteiger charge is 2.28. The minimum Gasteiger partial charge on any atom is -0.302 e. The van der Waals surface area contributed by atoms with Gasteiger partial charge < -0.3 is 4.90 Å². The van der Waals surface area contributed by atoms with Crippen molar-refractivity contribution in [1.29, 1.82) is 0 Å². The molecule has 1 aliphatic rings. The minimum atomic E-state index is 0.353. The van der Waals surface area contributed by atoms with E-state index in [0.717, 1.165) is 19.6 Å². The summed E-state index contributed by atoms with van der Waals surface area (Å²) in [7, 11) is 0. The number of rotatable bonds is 3. The fraction of sp³-hybridized carbons (Fsp3) is 0.875. The van der Waals surface area contributed by atoms with Crippen LogP contribution in [0.3, 0.4) is 0 Å². The first-order valence-corrected chi connectivity index (χ1v) is 3.97. The number of hydrogen-bond acceptors (Lipinski definition) is 2. The zero-order valence-electron chi connectivity index (χ0n) is 6.76. The van der Waals surface area contributed by atoms with Crippen molar-refractivity contribution in [3.8, 4) is 0 Å². The number of likely N-dealkylation sites (tertiary alicyclic amines) is 1. The Kier molecular flexibility index (Phi) is 2.44. The molecule has 58 valence electrons. The molecule has 0 N–H and O–H groups in total. The number of nitrogens with zero attached hydrogens (tertiary/aromatic N) is 1. The fourth-order valence-corrected chi connectivity index (χ4v) is 1.33. The average Bonchev–Trinajstić information content (AvgIpc) is 1.76. The molecule has 0 aromatic heterocycles. The first kappa shape index (κ1) is 7.73. The predicted octanol–water partition coefficient (Wildman–Crippen LogP) is 0.917. The lowest BCUT2D eigenvalue weighted by atomic mass is 9.96. The van der Waals surface area contributed by atoms with Crippen LogP contribution in [0.25, 0.3) is 0 Å². The molecule has 0 amide bonds. The van der Waals surface area contributed by atoms with E-state index in [0.29, 0.717) is 11.7 Å². The van der Waals surface area contributed by atoms with E-state index in [1.807, 2.05) is 0 Å². The summed E-state index contributed by atoms with van der Waals surface area (Å²) >= 11 is 0. The molecule has 0 atom stereocenters. The average molecular weight is 141 g/mol. The standard InChI is InChI=1S/C8H15NO/c1-3-4-9-5-8(6-9)7(2)10/h8H,3-6H2,1-2H3. The molecule has 2 nitrogen and oxygen atoms in total. The molecule has 1 rings (SSSR count). The van der Waals surface area contributed by atoms with Gasteiger partial charge in [-0.3, -0.25) is 4.79 Å². The summed E-state index contributed by atoms with van der Waals surface area (Å²) in [6, 6.07) is 0. The lowest BCUT2D eigenvalue weighted by Crippen LogP contribution is -2.49. The van der Waals surface area contributed by atoms with E-state index in [4.69, 9.17) is 0 Å². The van der Waals surface area contributed by atoms with Crippen LogP contribution in [0.4, 0.5) is 0 Å². The largest absolute Gasteiger partial charge is 0.302 e. The van der Waals surface area contributed by atoms with E-state index in [1.165, 1.54) is 6.42 Å². The molecule has 0 spiro atoms. The van der Waals surface area contributed by atoms with Gasteiger partial charge in [-0.15, -0.1) is 0 Å². The third-order valence-electron chi connectivity index (χ3n) is 2.07. The van der Waals surface area contributed by atoms with Crippen LogP contribution in [0.1, 0.15) is 20.3 Å². The van der Waals surface area contributed by atoms with Crippen molar-refractivity contribution in [2.75, 3.05) is 19.6 Å². The maximum absolute atomic E-state index is 10.7. The van der Waals surface area contributed by atoms with Gasteiger partial charge in [-0.1, -0.05) is 6.92 Å². The van der Waals surface area contributed by atoms with Crippen LogP contribution < -0.4 is 0 Å². The van der Waals surface area contributed by atoms with Crippen molar-refractivity contribution in [3.63, 3.8) is 0 Å². The number of Topliss-reactive ketones (excluding diaryl/α,β-unsaturated/α-hetero) is 1. The quantitative estimate of drug-likeness (QED) is 0.582. The molecule has 0 aliphatic carbocycles. The van der Waals surface area contributed by atoms with Gasteiger partial charge in [-0.25, -0.2) is 0 Å². The van der Waals surface area contributed by atoms with Crippen LogP contribution in [-0.4, -0.2) is 30.3 Å². The Labute approximate surface area is 62.2 Å².